The van der Waals surface area contributed by atoms with E-state index in [1.807, 2.05) is 20.8 Å². The number of urea groups is 1. The van der Waals surface area contributed by atoms with E-state index in [0.717, 1.165) is 18.4 Å². The summed E-state index contributed by atoms with van der Waals surface area (Å²) in [6.45, 7) is 18.1. The highest BCUT2D eigenvalue weighted by atomic mass is 16.6. The number of benzene rings is 1. The number of amides is 8. The number of rotatable bonds is 20. The van der Waals surface area contributed by atoms with Crippen molar-refractivity contribution in [3.8, 4) is 0 Å². The predicted octanol–water partition coefficient (Wildman–Crippen LogP) is 5.47. The van der Waals surface area contributed by atoms with E-state index < -0.39 is 35.3 Å². The van der Waals surface area contributed by atoms with Gasteiger partial charge in [-0.3, -0.25) is 28.9 Å². The minimum absolute atomic E-state index is 0.0623. The number of carbonyl (C=O) groups is 7. The van der Waals surface area contributed by atoms with Crippen LogP contribution in [0.2, 0.25) is 0 Å². The third kappa shape index (κ3) is 13.7. The molecule has 0 spiro atoms. The number of unbranched alkanes of at least 4 members (excludes halogenated alkanes) is 2. The smallest absolute Gasteiger partial charge is 0.410 e. The van der Waals surface area contributed by atoms with Crippen molar-refractivity contribution in [1.82, 2.24) is 25.8 Å². The van der Waals surface area contributed by atoms with Crippen molar-refractivity contribution in [3.05, 3.63) is 29.8 Å². The molecule has 2 aliphatic heterocycles. The van der Waals surface area contributed by atoms with Gasteiger partial charge in [0.25, 0.3) is 0 Å². The Balaban J connectivity index is 1.51. The number of hydrogen-bond acceptors (Lipinski definition) is 8. The van der Waals surface area contributed by atoms with Crippen LogP contribution < -0.4 is 27.0 Å². The van der Waals surface area contributed by atoms with Gasteiger partial charge in [0, 0.05) is 44.7 Å². The Morgan fingerprint density at radius 2 is 1.57 bits per heavy atom. The maximum Gasteiger partial charge on any atom is 0.410 e. The molecule has 2 aliphatic rings. The molecule has 2 fully saturated rings. The molecule has 6 N–H and O–H groups in total. The van der Waals surface area contributed by atoms with Gasteiger partial charge in [-0.25, -0.2) is 9.59 Å². The van der Waals surface area contributed by atoms with Crippen LogP contribution in [0.5, 0.6) is 0 Å². The molecule has 3 atom stereocenters. The van der Waals surface area contributed by atoms with Crippen LogP contribution in [-0.2, 0) is 35.3 Å². The average molecular weight is 812 g/mol. The quantitative estimate of drug-likeness (QED) is 0.0841. The molecule has 1 aromatic rings. The number of likely N-dealkylation sites (tertiary alicyclic amines) is 2. The van der Waals surface area contributed by atoms with Gasteiger partial charge in [-0.1, -0.05) is 73.9 Å². The highest BCUT2D eigenvalue weighted by Crippen LogP contribution is 2.42. The minimum atomic E-state index is -0.999. The monoisotopic (exact) mass is 812 g/mol. The van der Waals surface area contributed by atoms with Crippen molar-refractivity contribution in [3.63, 3.8) is 0 Å². The normalized spacial score (nSPS) is 18.6. The van der Waals surface area contributed by atoms with E-state index in [4.69, 9.17) is 10.5 Å². The lowest BCUT2D eigenvalue weighted by Gasteiger charge is -2.38. The molecule has 3 rings (SSSR count). The van der Waals surface area contributed by atoms with Crippen LogP contribution in [0, 0.1) is 28.6 Å². The van der Waals surface area contributed by atoms with Gasteiger partial charge in [-0.05, 0) is 85.8 Å². The third-order valence-electron chi connectivity index (χ3n) is 11.9. The number of nitrogens with zero attached hydrogens (tertiary/aromatic N) is 2. The molecule has 0 aliphatic carbocycles. The van der Waals surface area contributed by atoms with Crippen LogP contribution in [0.25, 0.3) is 0 Å². The predicted molar refractivity (Wildman–Crippen MR) is 222 cm³/mol. The third-order valence-corrected chi connectivity index (χ3v) is 11.9. The molecule has 0 saturated carbocycles. The van der Waals surface area contributed by atoms with Gasteiger partial charge >= 0.3 is 12.1 Å². The van der Waals surface area contributed by atoms with Gasteiger partial charge in [0.1, 0.15) is 18.7 Å². The minimum Gasteiger partial charge on any atom is -0.445 e. The first-order valence-electron chi connectivity index (χ1n) is 21.1. The molecule has 2 saturated heterocycles. The van der Waals surface area contributed by atoms with E-state index in [1.165, 1.54) is 4.90 Å². The Bertz CT molecular complexity index is 1580. The van der Waals surface area contributed by atoms with Gasteiger partial charge in [-0.2, -0.15) is 0 Å². The highest BCUT2D eigenvalue weighted by molar-refractivity contribution is 6.06. The summed E-state index contributed by atoms with van der Waals surface area (Å²) in [6, 6.07) is 4.25. The molecule has 0 aromatic heterocycles. The molecule has 324 valence electrons. The van der Waals surface area contributed by atoms with Crippen LogP contribution in [0.15, 0.2) is 24.3 Å². The number of hydrogen-bond donors (Lipinski definition) is 5. The maximum atomic E-state index is 13.6. The summed E-state index contributed by atoms with van der Waals surface area (Å²) in [4.78, 5) is 92.9. The molecule has 0 bridgehead atoms. The highest BCUT2D eigenvalue weighted by Gasteiger charge is 2.51. The van der Waals surface area contributed by atoms with E-state index >= 15 is 0 Å². The molecule has 15 heteroatoms. The van der Waals surface area contributed by atoms with Crippen LogP contribution in [0.4, 0.5) is 15.3 Å². The Hall–Kier alpha value is -4.69. The van der Waals surface area contributed by atoms with E-state index in [0.29, 0.717) is 63.3 Å². The maximum absolute atomic E-state index is 13.6. The molecule has 15 nitrogen and oxygen atoms in total. The number of piperidine rings is 1. The first-order valence-corrected chi connectivity index (χ1v) is 21.1. The fraction of sp³-hybridized carbons (Fsp3) is 0.698. The zero-order valence-electron chi connectivity index (χ0n) is 36.0. The Morgan fingerprint density at radius 3 is 2.12 bits per heavy atom. The number of ether oxygens (including phenoxy) is 1. The van der Waals surface area contributed by atoms with Crippen molar-refractivity contribution in [2.45, 2.75) is 138 Å². The fourth-order valence-corrected chi connectivity index (χ4v) is 7.82. The molecular formula is C43H69N7O8. The lowest BCUT2D eigenvalue weighted by molar-refractivity contribution is -0.142. The van der Waals surface area contributed by atoms with Crippen LogP contribution in [0.3, 0.4) is 0 Å². The SMILES string of the molecule is CCC1(C(C)C)CC(=O)N(CCCCCC(=O)N[C@H](C(=O)N[C@@H](CCCNC(N)=O)C(=O)Nc2ccc(COC(=O)N3CCC(C(C)(C)C)CC3)cc2)C(C)C)C1=O. The van der Waals surface area contributed by atoms with Crippen molar-refractivity contribution in [2.75, 3.05) is 31.5 Å². The summed E-state index contributed by atoms with van der Waals surface area (Å²) in [5, 5.41) is 10.9. The zero-order valence-corrected chi connectivity index (χ0v) is 36.0. The second-order valence-electron chi connectivity index (χ2n) is 17.7. The Morgan fingerprint density at radius 1 is 0.914 bits per heavy atom. The molecule has 1 aromatic carbocycles. The fourth-order valence-electron chi connectivity index (χ4n) is 7.82. The molecule has 1 unspecified atom stereocenters. The topological polar surface area (TPSA) is 209 Å². The van der Waals surface area contributed by atoms with Crippen LogP contribution >= 0.6 is 0 Å². The summed E-state index contributed by atoms with van der Waals surface area (Å²) < 4.78 is 5.57. The van der Waals surface area contributed by atoms with Crippen molar-refractivity contribution in [1.29, 1.82) is 0 Å². The van der Waals surface area contributed by atoms with Gasteiger partial charge in [0.15, 0.2) is 0 Å². The number of anilines is 1. The first kappa shape index (κ1) is 47.7. The number of nitrogens with one attached hydrogen (secondary N) is 4. The van der Waals surface area contributed by atoms with Gasteiger partial charge in [0.05, 0.1) is 5.41 Å². The van der Waals surface area contributed by atoms with E-state index in [9.17, 15) is 33.6 Å². The van der Waals surface area contributed by atoms with Gasteiger partial charge < -0.3 is 36.6 Å². The van der Waals surface area contributed by atoms with Crippen molar-refractivity contribution >= 4 is 47.3 Å². The van der Waals surface area contributed by atoms with E-state index in [-0.39, 0.29) is 73.5 Å². The number of primary amides is 1. The average Bonchev–Trinajstić information content (AvgIpc) is 3.42. The molecule has 58 heavy (non-hydrogen) atoms. The summed E-state index contributed by atoms with van der Waals surface area (Å²) in [6.07, 6.45) is 4.75. The largest absolute Gasteiger partial charge is 0.445 e. The standard InChI is InChI=1S/C43H69N7O8/c1-9-43(29(4)5)26-35(52)50(39(43)55)23-12-10-11-15-34(51)48-36(28(2)3)38(54)47-33(14-13-22-45-40(44)56)37(53)46-32-18-16-30(17-19-32)27-58-41(57)49-24-20-31(21-25-49)42(6,7)8/h16-19,28-29,31,33,36H,9-15,20-27H2,1-8H3,(H,46,53)(H,47,54)(H,48,51)(H3,44,45,56)/t33-,36-,43?/m0/s1. The molecule has 2 heterocycles. The first-order chi connectivity index (χ1) is 27.3. The summed E-state index contributed by atoms with van der Waals surface area (Å²) >= 11 is 0. The second-order valence-corrected chi connectivity index (χ2v) is 17.7. The molecule has 8 amide bonds. The summed E-state index contributed by atoms with van der Waals surface area (Å²) in [7, 11) is 0. The van der Waals surface area contributed by atoms with Gasteiger partial charge in [-0.15, -0.1) is 0 Å². The van der Waals surface area contributed by atoms with E-state index in [1.54, 1.807) is 43.0 Å². The zero-order chi connectivity index (χ0) is 43.2. The second kappa shape index (κ2) is 21.9. The van der Waals surface area contributed by atoms with Crippen molar-refractivity contribution in [2.24, 2.45) is 34.3 Å². The lowest BCUT2D eigenvalue weighted by Crippen LogP contribution is -2.54. The van der Waals surface area contributed by atoms with E-state index in [2.05, 4.69) is 42.0 Å². The number of nitrogens with two attached hydrogens (primary N) is 1. The Labute approximate surface area is 344 Å². The lowest BCUT2D eigenvalue weighted by atomic mass is 9.73. The number of imide groups is 1. The van der Waals surface area contributed by atoms with Gasteiger partial charge in [0.2, 0.25) is 29.5 Å². The Kier molecular flexibility index (Phi) is 18.0. The summed E-state index contributed by atoms with van der Waals surface area (Å²) in [5.41, 5.74) is 5.97. The molecular weight excluding hydrogens is 743 g/mol. The summed E-state index contributed by atoms with van der Waals surface area (Å²) in [5.74, 6) is -1.26. The molecule has 0 radical (unpaired) electrons. The van der Waals surface area contributed by atoms with Crippen LogP contribution in [-0.4, -0.2) is 89.7 Å². The van der Waals surface area contributed by atoms with Crippen LogP contribution in [0.1, 0.15) is 125 Å². The number of carbonyl (C=O) groups excluding carboxylic acids is 7. The van der Waals surface area contributed by atoms with Crippen molar-refractivity contribution < 1.29 is 38.3 Å².